The van der Waals surface area contributed by atoms with E-state index in [-0.39, 0.29) is 12.5 Å². The van der Waals surface area contributed by atoms with Gasteiger partial charge in [-0.2, -0.15) is 0 Å². The monoisotopic (exact) mass is 225 g/mol. The van der Waals surface area contributed by atoms with E-state index in [0.29, 0.717) is 5.92 Å². The van der Waals surface area contributed by atoms with Crippen molar-refractivity contribution in [1.82, 2.24) is 0 Å². The Hall–Kier alpha value is -1.03. The number of carbonyl (C=O) groups is 1. The fourth-order valence-corrected chi connectivity index (χ4v) is 2.85. The lowest BCUT2D eigenvalue weighted by molar-refractivity contribution is -0.120. The number of carbonyl (C=O) groups excluding carboxylic acids is 1. The molecule has 3 nitrogen and oxygen atoms in total. The summed E-state index contributed by atoms with van der Waals surface area (Å²) in [5, 5.41) is 0.882. The molecular weight excluding hydrogens is 210 g/mol. The normalized spacial score (nSPS) is 15.5. The van der Waals surface area contributed by atoms with Gasteiger partial charge in [-0.1, -0.05) is 13.8 Å². The third kappa shape index (κ3) is 2.00. The SMILES string of the molecule is CC(C)Cc1cc2c(s1)OCC(=O)N2C. The van der Waals surface area contributed by atoms with E-state index in [0.717, 1.165) is 17.2 Å². The molecule has 1 aliphatic heterocycles. The van der Waals surface area contributed by atoms with Crippen molar-refractivity contribution < 1.29 is 9.53 Å². The fraction of sp³-hybridized carbons (Fsp3) is 0.545. The molecule has 0 aliphatic carbocycles. The quantitative estimate of drug-likeness (QED) is 0.773. The molecule has 0 saturated carbocycles. The number of ether oxygens (including phenoxy) is 1. The number of thiophene rings is 1. The van der Waals surface area contributed by atoms with E-state index >= 15 is 0 Å². The largest absolute Gasteiger partial charge is 0.472 e. The minimum absolute atomic E-state index is 0.0244. The van der Waals surface area contributed by atoms with Crippen LogP contribution in [0.3, 0.4) is 0 Å². The van der Waals surface area contributed by atoms with Gasteiger partial charge < -0.3 is 9.64 Å². The highest BCUT2D eigenvalue weighted by Crippen LogP contribution is 2.40. The van der Waals surface area contributed by atoms with E-state index in [4.69, 9.17) is 4.74 Å². The van der Waals surface area contributed by atoms with Crippen molar-refractivity contribution >= 4 is 22.9 Å². The first-order valence-corrected chi connectivity index (χ1v) is 5.91. The lowest BCUT2D eigenvalue weighted by Crippen LogP contribution is -2.34. The molecular formula is C11H15NO2S. The standard InChI is InChI=1S/C11H15NO2S/c1-7(2)4-8-5-9-11(15-8)14-6-10(13)12(9)3/h5,7H,4,6H2,1-3H3. The average molecular weight is 225 g/mol. The topological polar surface area (TPSA) is 29.5 Å². The zero-order chi connectivity index (χ0) is 11.0. The molecule has 1 aromatic rings. The van der Waals surface area contributed by atoms with Gasteiger partial charge in [0.25, 0.3) is 5.91 Å². The van der Waals surface area contributed by atoms with Crippen LogP contribution in [0.5, 0.6) is 5.06 Å². The van der Waals surface area contributed by atoms with Crippen LogP contribution in [0.15, 0.2) is 6.07 Å². The number of amides is 1. The molecule has 2 rings (SSSR count). The van der Waals surface area contributed by atoms with E-state index in [1.165, 1.54) is 4.88 Å². The molecule has 0 spiro atoms. The summed E-state index contributed by atoms with van der Waals surface area (Å²) >= 11 is 1.65. The minimum atomic E-state index is 0.0244. The van der Waals surface area contributed by atoms with E-state index in [1.54, 1.807) is 23.3 Å². The van der Waals surface area contributed by atoms with Crippen molar-refractivity contribution in [3.63, 3.8) is 0 Å². The summed E-state index contributed by atoms with van der Waals surface area (Å²) in [7, 11) is 1.80. The molecule has 1 amide bonds. The van der Waals surface area contributed by atoms with Gasteiger partial charge in [-0.3, -0.25) is 4.79 Å². The van der Waals surface area contributed by atoms with Crippen LogP contribution in [0.25, 0.3) is 0 Å². The summed E-state index contributed by atoms with van der Waals surface area (Å²) in [4.78, 5) is 14.4. The molecule has 2 heterocycles. The zero-order valence-corrected chi connectivity index (χ0v) is 10.1. The molecule has 1 aliphatic rings. The van der Waals surface area contributed by atoms with Gasteiger partial charge in [0.2, 0.25) is 0 Å². The summed E-state index contributed by atoms with van der Waals surface area (Å²) in [5.41, 5.74) is 0.923. The van der Waals surface area contributed by atoms with Gasteiger partial charge in [0.1, 0.15) is 0 Å². The Kier molecular flexibility index (Phi) is 2.69. The van der Waals surface area contributed by atoms with Gasteiger partial charge in [-0.25, -0.2) is 0 Å². The third-order valence-corrected chi connectivity index (χ3v) is 3.46. The molecule has 0 fully saturated rings. The third-order valence-electron chi connectivity index (χ3n) is 2.40. The van der Waals surface area contributed by atoms with Crippen LogP contribution in [0.2, 0.25) is 0 Å². The highest BCUT2D eigenvalue weighted by Gasteiger charge is 2.24. The lowest BCUT2D eigenvalue weighted by atomic mass is 10.1. The van der Waals surface area contributed by atoms with E-state index in [2.05, 4.69) is 19.9 Å². The Morgan fingerprint density at radius 1 is 1.60 bits per heavy atom. The van der Waals surface area contributed by atoms with Crippen LogP contribution in [-0.2, 0) is 11.2 Å². The minimum Gasteiger partial charge on any atom is -0.472 e. The number of likely N-dealkylation sites (N-methyl/N-ethyl adjacent to an activating group) is 1. The van der Waals surface area contributed by atoms with Crippen molar-refractivity contribution in [3.05, 3.63) is 10.9 Å². The molecule has 0 N–H and O–H groups in total. The smallest absolute Gasteiger partial charge is 0.264 e. The van der Waals surface area contributed by atoms with Crippen molar-refractivity contribution in [2.75, 3.05) is 18.6 Å². The maximum atomic E-state index is 11.4. The van der Waals surface area contributed by atoms with Crippen LogP contribution in [0.1, 0.15) is 18.7 Å². The molecule has 0 saturated heterocycles. The van der Waals surface area contributed by atoms with Crippen LogP contribution >= 0.6 is 11.3 Å². The number of rotatable bonds is 2. The number of hydrogen-bond acceptors (Lipinski definition) is 3. The second-order valence-corrected chi connectivity index (χ2v) is 5.32. The van der Waals surface area contributed by atoms with Crippen molar-refractivity contribution in [3.8, 4) is 5.06 Å². The van der Waals surface area contributed by atoms with Crippen molar-refractivity contribution in [2.24, 2.45) is 5.92 Å². The second-order valence-electron chi connectivity index (χ2n) is 4.22. The highest BCUT2D eigenvalue weighted by molar-refractivity contribution is 7.14. The second kappa shape index (κ2) is 3.85. The van der Waals surface area contributed by atoms with Gasteiger partial charge in [0.15, 0.2) is 11.7 Å². The Balaban J connectivity index is 2.27. The van der Waals surface area contributed by atoms with Crippen LogP contribution in [0.4, 0.5) is 5.69 Å². The maximum Gasteiger partial charge on any atom is 0.264 e. The maximum absolute atomic E-state index is 11.4. The molecule has 0 unspecified atom stereocenters. The first-order valence-electron chi connectivity index (χ1n) is 5.10. The molecule has 0 bridgehead atoms. The van der Waals surface area contributed by atoms with Gasteiger partial charge in [-0.15, -0.1) is 11.3 Å². The lowest BCUT2D eigenvalue weighted by Gasteiger charge is -2.22. The van der Waals surface area contributed by atoms with Gasteiger partial charge in [-0.05, 0) is 18.4 Å². The van der Waals surface area contributed by atoms with Crippen LogP contribution < -0.4 is 9.64 Å². The van der Waals surface area contributed by atoms with E-state index in [1.807, 2.05) is 0 Å². The van der Waals surface area contributed by atoms with Gasteiger partial charge in [0, 0.05) is 11.9 Å². The van der Waals surface area contributed by atoms with E-state index in [9.17, 15) is 4.79 Å². The molecule has 0 radical (unpaired) electrons. The predicted molar refractivity (Wildman–Crippen MR) is 61.8 cm³/mol. The summed E-state index contributed by atoms with van der Waals surface area (Å²) in [6.45, 7) is 4.55. The summed E-state index contributed by atoms with van der Waals surface area (Å²) in [6, 6.07) is 2.07. The van der Waals surface area contributed by atoms with Crippen LogP contribution in [-0.4, -0.2) is 19.6 Å². The molecule has 4 heteroatoms. The summed E-state index contributed by atoms with van der Waals surface area (Å²) < 4.78 is 5.40. The van der Waals surface area contributed by atoms with Gasteiger partial charge >= 0.3 is 0 Å². The van der Waals surface area contributed by atoms with Gasteiger partial charge in [0.05, 0.1) is 5.69 Å². The van der Waals surface area contributed by atoms with Crippen molar-refractivity contribution in [2.45, 2.75) is 20.3 Å². The average Bonchev–Trinajstić information content (AvgIpc) is 2.54. The molecule has 15 heavy (non-hydrogen) atoms. The van der Waals surface area contributed by atoms with Crippen molar-refractivity contribution in [1.29, 1.82) is 0 Å². The number of hydrogen-bond donors (Lipinski definition) is 0. The predicted octanol–water partition coefficient (Wildman–Crippen LogP) is 2.30. The first kappa shape index (κ1) is 10.5. The Labute approximate surface area is 93.7 Å². The Bertz CT molecular complexity index is 384. The number of fused-ring (bicyclic) bond motifs is 1. The number of nitrogens with zero attached hydrogens (tertiary/aromatic N) is 1. The first-order chi connectivity index (χ1) is 7.08. The molecule has 82 valence electrons. The molecule has 1 aromatic heterocycles. The highest BCUT2D eigenvalue weighted by atomic mass is 32.1. The molecule has 0 aromatic carbocycles. The van der Waals surface area contributed by atoms with E-state index < -0.39 is 0 Å². The summed E-state index contributed by atoms with van der Waals surface area (Å²) in [6.07, 6.45) is 1.04. The Morgan fingerprint density at radius 2 is 2.33 bits per heavy atom. The van der Waals surface area contributed by atoms with Crippen LogP contribution in [0, 0.1) is 5.92 Å². The zero-order valence-electron chi connectivity index (χ0n) is 9.24. The Morgan fingerprint density at radius 3 is 3.00 bits per heavy atom. The molecule has 0 atom stereocenters. The summed E-state index contributed by atoms with van der Waals surface area (Å²) in [5.74, 6) is 0.655. The fourth-order valence-electron chi connectivity index (χ4n) is 1.61. The number of anilines is 1.